The molecule has 0 aliphatic carbocycles. The van der Waals surface area contributed by atoms with Crippen molar-refractivity contribution in [1.29, 1.82) is 0 Å². The number of benzene rings is 1. The van der Waals surface area contributed by atoms with E-state index < -0.39 is 17.8 Å². The van der Waals surface area contributed by atoms with Crippen LogP contribution < -0.4 is 14.8 Å². The maximum Gasteiger partial charge on any atom is 0.308 e. The highest BCUT2D eigenvalue weighted by atomic mass is 16.5. The zero-order chi connectivity index (χ0) is 15.8. The van der Waals surface area contributed by atoms with E-state index in [1.165, 1.54) is 14.2 Å². The minimum absolute atomic E-state index is 0.0726. The van der Waals surface area contributed by atoms with Crippen molar-refractivity contribution in [2.45, 2.75) is 19.8 Å². The molecule has 116 valence electrons. The summed E-state index contributed by atoms with van der Waals surface area (Å²) in [6.07, 6.45) is 1.25. The first-order valence-electron chi connectivity index (χ1n) is 6.77. The van der Waals surface area contributed by atoms with Gasteiger partial charge in [-0.25, -0.2) is 0 Å². The third-order valence-electron chi connectivity index (χ3n) is 3.15. The summed E-state index contributed by atoms with van der Waals surface area (Å²) >= 11 is 0. The Morgan fingerprint density at radius 3 is 2.24 bits per heavy atom. The van der Waals surface area contributed by atoms with Gasteiger partial charge in [-0.2, -0.15) is 0 Å². The quantitative estimate of drug-likeness (QED) is 0.765. The normalized spacial score (nSPS) is 11.6. The Kier molecular flexibility index (Phi) is 6.52. The van der Waals surface area contributed by atoms with Gasteiger partial charge in [0.15, 0.2) is 0 Å². The molecule has 0 aromatic heterocycles. The van der Waals surface area contributed by atoms with Crippen molar-refractivity contribution in [3.05, 3.63) is 23.8 Å². The van der Waals surface area contributed by atoms with Gasteiger partial charge in [0.25, 0.3) is 5.91 Å². The Morgan fingerprint density at radius 1 is 1.24 bits per heavy atom. The van der Waals surface area contributed by atoms with Crippen molar-refractivity contribution in [2.24, 2.45) is 5.92 Å². The summed E-state index contributed by atoms with van der Waals surface area (Å²) in [6.45, 7) is 1.98. The summed E-state index contributed by atoms with van der Waals surface area (Å²) in [7, 11) is 2.92. The predicted molar refractivity (Wildman–Crippen MR) is 77.9 cm³/mol. The molecule has 0 radical (unpaired) electrons. The first-order valence-corrected chi connectivity index (χ1v) is 6.77. The SMILES string of the molecule is CCCC(CNC(=O)c1c(OC)cccc1OC)C(=O)O. The number of aliphatic carboxylic acids is 1. The number of methoxy groups -OCH3 is 2. The van der Waals surface area contributed by atoms with Crippen LogP contribution >= 0.6 is 0 Å². The van der Waals surface area contributed by atoms with Crippen LogP contribution in [0.2, 0.25) is 0 Å². The summed E-state index contributed by atoms with van der Waals surface area (Å²) in [5, 5.41) is 11.7. The molecule has 2 N–H and O–H groups in total. The lowest BCUT2D eigenvalue weighted by Crippen LogP contribution is -2.33. The molecule has 0 fully saturated rings. The van der Waals surface area contributed by atoms with E-state index in [0.717, 1.165) is 6.42 Å². The van der Waals surface area contributed by atoms with Crippen LogP contribution in [0.5, 0.6) is 11.5 Å². The Bertz CT molecular complexity index is 479. The Morgan fingerprint density at radius 2 is 1.81 bits per heavy atom. The average Bonchev–Trinajstić information content (AvgIpc) is 2.49. The summed E-state index contributed by atoms with van der Waals surface area (Å²) in [5.74, 6) is -1.15. The Balaban J connectivity index is 2.86. The van der Waals surface area contributed by atoms with Crippen LogP contribution in [-0.2, 0) is 4.79 Å². The Labute approximate surface area is 124 Å². The molecule has 1 aromatic carbocycles. The van der Waals surface area contributed by atoms with Crippen LogP contribution in [0, 0.1) is 5.92 Å². The van der Waals surface area contributed by atoms with Gasteiger partial charge in [0.05, 0.1) is 20.1 Å². The van der Waals surface area contributed by atoms with Gasteiger partial charge >= 0.3 is 5.97 Å². The van der Waals surface area contributed by atoms with E-state index in [4.69, 9.17) is 14.6 Å². The van der Waals surface area contributed by atoms with Gasteiger partial charge < -0.3 is 19.9 Å². The maximum absolute atomic E-state index is 12.3. The maximum atomic E-state index is 12.3. The second-order valence-corrected chi connectivity index (χ2v) is 4.57. The van der Waals surface area contributed by atoms with E-state index in [9.17, 15) is 9.59 Å². The molecule has 0 saturated carbocycles. The highest BCUT2D eigenvalue weighted by molar-refractivity contribution is 5.99. The second kappa shape index (κ2) is 8.14. The van der Waals surface area contributed by atoms with Gasteiger partial charge in [-0.15, -0.1) is 0 Å². The molecule has 0 aliphatic rings. The molecule has 0 aliphatic heterocycles. The smallest absolute Gasteiger partial charge is 0.308 e. The number of ether oxygens (including phenoxy) is 2. The summed E-state index contributed by atoms with van der Waals surface area (Å²) in [5.41, 5.74) is 0.267. The van der Waals surface area contributed by atoms with Crippen LogP contribution in [0.3, 0.4) is 0 Å². The number of carbonyl (C=O) groups excluding carboxylic acids is 1. The lowest BCUT2D eigenvalue weighted by Gasteiger charge is -2.15. The van der Waals surface area contributed by atoms with Gasteiger partial charge in [0.2, 0.25) is 0 Å². The van der Waals surface area contributed by atoms with Crippen LogP contribution in [0.15, 0.2) is 18.2 Å². The van der Waals surface area contributed by atoms with E-state index in [-0.39, 0.29) is 12.1 Å². The predicted octanol–water partition coefficient (Wildman–Crippen LogP) is 1.93. The van der Waals surface area contributed by atoms with Gasteiger partial charge in [0.1, 0.15) is 17.1 Å². The molecule has 21 heavy (non-hydrogen) atoms. The molecule has 6 nitrogen and oxygen atoms in total. The standard InChI is InChI=1S/C15H21NO5/c1-4-6-10(15(18)19)9-16-14(17)13-11(20-2)7-5-8-12(13)21-3/h5,7-8,10H,4,6,9H2,1-3H3,(H,16,17)(H,18,19). The van der Waals surface area contributed by atoms with E-state index >= 15 is 0 Å². The van der Waals surface area contributed by atoms with Crippen molar-refractivity contribution < 1.29 is 24.2 Å². The highest BCUT2D eigenvalue weighted by Crippen LogP contribution is 2.28. The fourth-order valence-corrected chi connectivity index (χ4v) is 2.04. The van der Waals surface area contributed by atoms with E-state index in [1.54, 1.807) is 18.2 Å². The molecule has 1 unspecified atom stereocenters. The first-order chi connectivity index (χ1) is 10.0. The van der Waals surface area contributed by atoms with Gasteiger partial charge in [0, 0.05) is 6.54 Å². The molecule has 0 saturated heterocycles. The summed E-state index contributed by atoms with van der Waals surface area (Å²) < 4.78 is 10.3. The van der Waals surface area contributed by atoms with Crippen LogP contribution in [0.25, 0.3) is 0 Å². The second-order valence-electron chi connectivity index (χ2n) is 4.57. The van der Waals surface area contributed by atoms with Crippen molar-refractivity contribution in [2.75, 3.05) is 20.8 Å². The minimum atomic E-state index is -0.913. The number of carbonyl (C=O) groups is 2. The highest BCUT2D eigenvalue weighted by Gasteiger charge is 2.21. The van der Waals surface area contributed by atoms with Crippen LogP contribution in [0.1, 0.15) is 30.1 Å². The van der Waals surface area contributed by atoms with Crippen molar-refractivity contribution >= 4 is 11.9 Å². The third kappa shape index (κ3) is 4.37. The number of carboxylic acids is 1. The van der Waals surface area contributed by atoms with Crippen molar-refractivity contribution in [3.8, 4) is 11.5 Å². The number of rotatable bonds is 8. The lowest BCUT2D eigenvalue weighted by atomic mass is 10.0. The number of carboxylic acid groups (broad SMARTS) is 1. The zero-order valence-corrected chi connectivity index (χ0v) is 12.5. The minimum Gasteiger partial charge on any atom is -0.496 e. The van der Waals surface area contributed by atoms with Crippen LogP contribution in [-0.4, -0.2) is 37.7 Å². The van der Waals surface area contributed by atoms with Crippen LogP contribution in [0.4, 0.5) is 0 Å². The van der Waals surface area contributed by atoms with E-state index in [0.29, 0.717) is 17.9 Å². The molecular weight excluding hydrogens is 274 g/mol. The van der Waals surface area contributed by atoms with Gasteiger partial charge in [-0.3, -0.25) is 9.59 Å². The lowest BCUT2D eigenvalue weighted by molar-refractivity contribution is -0.141. The summed E-state index contributed by atoms with van der Waals surface area (Å²) in [4.78, 5) is 23.4. The molecule has 0 spiro atoms. The molecular formula is C15H21NO5. The summed E-state index contributed by atoms with van der Waals surface area (Å²) in [6, 6.07) is 5.02. The largest absolute Gasteiger partial charge is 0.496 e. The monoisotopic (exact) mass is 295 g/mol. The molecule has 0 heterocycles. The van der Waals surface area contributed by atoms with Gasteiger partial charge in [-0.05, 0) is 18.6 Å². The van der Waals surface area contributed by atoms with E-state index in [1.807, 2.05) is 6.92 Å². The number of hydrogen-bond donors (Lipinski definition) is 2. The molecule has 1 rings (SSSR count). The van der Waals surface area contributed by atoms with Gasteiger partial charge in [-0.1, -0.05) is 19.4 Å². The Hall–Kier alpha value is -2.24. The molecule has 1 atom stereocenters. The zero-order valence-electron chi connectivity index (χ0n) is 12.5. The molecule has 0 bridgehead atoms. The molecule has 6 heteroatoms. The van der Waals surface area contributed by atoms with E-state index in [2.05, 4.69) is 5.32 Å². The topological polar surface area (TPSA) is 84.9 Å². The average molecular weight is 295 g/mol. The van der Waals surface area contributed by atoms with Crippen molar-refractivity contribution in [3.63, 3.8) is 0 Å². The molecule has 1 amide bonds. The fourth-order valence-electron chi connectivity index (χ4n) is 2.04. The first kappa shape index (κ1) is 16.8. The third-order valence-corrected chi connectivity index (χ3v) is 3.15. The number of nitrogens with one attached hydrogen (secondary N) is 1. The van der Waals surface area contributed by atoms with Crippen molar-refractivity contribution in [1.82, 2.24) is 5.32 Å². The fraction of sp³-hybridized carbons (Fsp3) is 0.467. The molecule has 1 aromatic rings. The number of amides is 1. The number of hydrogen-bond acceptors (Lipinski definition) is 4.